The third-order valence-corrected chi connectivity index (χ3v) is 11.2. The molecule has 0 unspecified atom stereocenters. The van der Waals surface area contributed by atoms with E-state index >= 15 is 0 Å². The second-order valence-corrected chi connectivity index (χ2v) is 15.4. The summed E-state index contributed by atoms with van der Waals surface area (Å²) >= 11 is 0. The Kier molecular flexibility index (Phi) is 5.17. The molecule has 0 aliphatic heterocycles. The Hall–Kier alpha value is -1.21. The Labute approximate surface area is 193 Å². The molecule has 4 bridgehead atoms. The Balaban J connectivity index is 1.58. The number of hydrogen-bond donors (Lipinski definition) is 0. The highest BCUT2D eigenvalue weighted by Crippen LogP contribution is 2.61. The smallest absolute Gasteiger partial charge is 0.0561 e. The van der Waals surface area contributed by atoms with Gasteiger partial charge in [0, 0.05) is 19.3 Å². The second kappa shape index (κ2) is 7.41. The van der Waals surface area contributed by atoms with Crippen LogP contribution in [-0.2, 0) is 21.7 Å². The van der Waals surface area contributed by atoms with Gasteiger partial charge >= 0.3 is 0 Å². The molecule has 4 aliphatic rings. The van der Waals surface area contributed by atoms with Crippen LogP contribution in [0.15, 0.2) is 58.3 Å². The van der Waals surface area contributed by atoms with Gasteiger partial charge in [-0.2, -0.15) is 0 Å². The zero-order chi connectivity index (χ0) is 22.0. The predicted octanol–water partition coefficient (Wildman–Crippen LogP) is 8.29. The van der Waals surface area contributed by atoms with Crippen molar-refractivity contribution in [2.75, 3.05) is 0 Å². The highest BCUT2D eigenvalue weighted by atomic mass is 32.2. The molecule has 4 saturated carbocycles. The molecule has 0 spiro atoms. The van der Waals surface area contributed by atoms with Crippen LogP contribution in [-0.4, -0.2) is 4.75 Å². The van der Waals surface area contributed by atoms with E-state index in [0.29, 0.717) is 4.75 Å². The van der Waals surface area contributed by atoms with E-state index in [1.807, 2.05) is 0 Å². The summed E-state index contributed by atoms with van der Waals surface area (Å²) < 4.78 is 0.501. The number of benzene rings is 2. The maximum atomic E-state index is 2.49. The van der Waals surface area contributed by atoms with E-state index in [1.165, 1.54) is 49.7 Å². The largest absolute Gasteiger partial charge is 0.161 e. The first-order chi connectivity index (χ1) is 14.5. The minimum atomic E-state index is 0.174. The average Bonchev–Trinajstić information content (AvgIpc) is 2.66. The minimum Gasteiger partial charge on any atom is -0.0561 e. The van der Waals surface area contributed by atoms with Crippen molar-refractivity contribution in [3.05, 3.63) is 59.7 Å². The number of hydrogen-bond acceptors (Lipinski definition) is 0. The van der Waals surface area contributed by atoms with Crippen molar-refractivity contribution in [2.45, 2.75) is 105 Å². The zero-order valence-electron chi connectivity index (χ0n) is 20.5. The predicted molar refractivity (Wildman–Crippen MR) is 135 cm³/mol. The summed E-state index contributed by atoms with van der Waals surface area (Å²) in [5.74, 6) is 2.97. The summed E-state index contributed by atoms with van der Waals surface area (Å²) in [6, 6.07) is 19.6. The van der Waals surface area contributed by atoms with Crippen LogP contribution in [0.25, 0.3) is 0 Å². The van der Waals surface area contributed by atoms with Gasteiger partial charge in [-0.05, 0) is 83.2 Å². The average molecular weight is 434 g/mol. The molecule has 31 heavy (non-hydrogen) atoms. The van der Waals surface area contributed by atoms with Gasteiger partial charge in [0.1, 0.15) is 4.75 Å². The van der Waals surface area contributed by atoms with Crippen molar-refractivity contribution < 1.29 is 0 Å². The van der Waals surface area contributed by atoms with E-state index in [0.717, 1.165) is 17.8 Å². The lowest BCUT2D eigenvalue weighted by molar-refractivity contribution is 0.0367. The lowest BCUT2D eigenvalue weighted by Gasteiger charge is -2.54. The lowest BCUT2D eigenvalue weighted by atomic mass is 9.56. The van der Waals surface area contributed by atoms with Crippen LogP contribution in [0, 0.1) is 17.8 Å². The first-order valence-electron chi connectivity index (χ1n) is 12.5. The molecular formula is C30H41S+. The molecule has 0 N–H and O–H groups in total. The van der Waals surface area contributed by atoms with Crippen LogP contribution < -0.4 is 0 Å². The molecule has 6 rings (SSSR count). The third-order valence-electron chi connectivity index (χ3n) is 8.33. The Morgan fingerprint density at radius 2 is 0.903 bits per heavy atom. The zero-order valence-corrected chi connectivity index (χ0v) is 21.3. The Morgan fingerprint density at radius 1 is 0.581 bits per heavy atom. The van der Waals surface area contributed by atoms with E-state index < -0.39 is 0 Å². The van der Waals surface area contributed by atoms with E-state index in [1.54, 1.807) is 9.79 Å². The van der Waals surface area contributed by atoms with Crippen molar-refractivity contribution >= 4 is 10.9 Å². The first kappa shape index (κ1) is 21.6. The molecule has 166 valence electrons. The fourth-order valence-electron chi connectivity index (χ4n) is 7.10. The summed E-state index contributed by atoms with van der Waals surface area (Å²) in [5, 5.41) is 0. The van der Waals surface area contributed by atoms with E-state index in [2.05, 4.69) is 90.1 Å². The molecule has 0 aromatic heterocycles. The summed E-state index contributed by atoms with van der Waals surface area (Å²) in [5.41, 5.74) is 3.33. The molecule has 0 amide bonds. The summed E-state index contributed by atoms with van der Waals surface area (Å²) in [4.78, 5) is 3.16. The van der Waals surface area contributed by atoms with Gasteiger partial charge in [-0.1, -0.05) is 65.8 Å². The van der Waals surface area contributed by atoms with Gasteiger partial charge < -0.3 is 0 Å². The fourth-order valence-corrected chi connectivity index (χ4v) is 10.4. The molecule has 1 heteroatoms. The topological polar surface area (TPSA) is 0 Å². The molecule has 4 aliphatic carbocycles. The maximum Gasteiger partial charge on any atom is 0.161 e. The lowest BCUT2D eigenvalue weighted by Crippen LogP contribution is -2.54. The maximum absolute atomic E-state index is 2.49. The van der Waals surface area contributed by atoms with Gasteiger partial charge in [0.05, 0.1) is 10.9 Å². The quantitative estimate of drug-likeness (QED) is 0.427. The molecule has 0 radical (unpaired) electrons. The third kappa shape index (κ3) is 4.01. The standard InChI is InChI=1S/C30H41S/c1-28(2,3)24-7-11-26(12-8-24)31(27-13-9-25(10-14-27)29(4,5)6)30-18-21-15-22(19-30)17-23(16-21)20-30/h7-14,21-23H,15-20H2,1-6H3/q+1. The molecule has 2 aromatic carbocycles. The molecule has 0 saturated heterocycles. The van der Waals surface area contributed by atoms with Crippen LogP contribution in [0.4, 0.5) is 0 Å². The number of rotatable bonds is 3. The van der Waals surface area contributed by atoms with Crippen molar-refractivity contribution in [3.8, 4) is 0 Å². The van der Waals surface area contributed by atoms with E-state index in [9.17, 15) is 0 Å². The summed E-state index contributed by atoms with van der Waals surface area (Å²) in [7, 11) is 0.174. The summed E-state index contributed by atoms with van der Waals surface area (Å²) in [6.07, 6.45) is 8.94. The Morgan fingerprint density at radius 3 is 1.19 bits per heavy atom. The van der Waals surface area contributed by atoms with Gasteiger partial charge in [-0.3, -0.25) is 0 Å². The van der Waals surface area contributed by atoms with Crippen LogP contribution >= 0.6 is 0 Å². The molecule has 0 heterocycles. The van der Waals surface area contributed by atoms with Crippen molar-refractivity contribution in [3.63, 3.8) is 0 Å². The van der Waals surface area contributed by atoms with Crippen molar-refractivity contribution in [1.29, 1.82) is 0 Å². The summed E-state index contributed by atoms with van der Waals surface area (Å²) in [6.45, 7) is 14.0. The van der Waals surface area contributed by atoms with Crippen LogP contribution in [0.3, 0.4) is 0 Å². The van der Waals surface area contributed by atoms with Crippen LogP contribution in [0.5, 0.6) is 0 Å². The van der Waals surface area contributed by atoms with Crippen molar-refractivity contribution in [1.82, 2.24) is 0 Å². The van der Waals surface area contributed by atoms with E-state index in [-0.39, 0.29) is 21.7 Å². The van der Waals surface area contributed by atoms with Crippen molar-refractivity contribution in [2.24, 2.45) is 17.8 Å². The van der Waals surface area contributed by atoms with Gasteiger partial charge in [0.15, 0.2) is 9.79 Å². The van der Waals surface area contributed by atoms with Crippen LogP contribution in [0.1, 0.15) is 91.2 Å². The minimum absolute atomic E-state index is 0.174. The second-order valence-electron chi connectivity index (χ2n) is 13.0. The normalized spacial score (nSPS) is 30.2. The van der Waals surface area contributed by atoms with Gasteiger partial charge in [-0.25, -0.2) is 0 Å². The first-order valence-corrected chi connectivity index (χ1v) is 13.7. The molecular weight excluding hydrogens is 392 g/mol. The highest BCUT2D eigenvalue weighted by molar-refractivity contribution is 7.98. The molecule has 4 fully saturated rings. The molecule has 2 aromatic rings. The fraction of sp³-hybridized carbons (Fsp3) is 0.600. The van der Waals surface area contributed by atoms with Gasteiger partial charge in [-0.15, -0.1) is 0 Å². The van der Waals surface area contributed by atoms with Gasteiger partial charge in [0.25, 0.3) is 0 Å². The van der Waals surface area contributed by atoms with Crippen LogP contribution in [0.2, 0.25) is 0 Å². The molecule has 0 atom stereocenters. The SMILES string of the molecule is CC(C)(C)c1ccc([S+](c2ccc(C(C)(C)C)cc2)C23CC4CC(CC(C4)C2)C3)cc1. The molecule has 0 nitrogen and oxygen atoms in total. The van der Waals surface area contributed by atoms with Gasteiger partial charge in [0.2, 0.25) is 0 Å². The monoisotopic (exact) mass is 433 g/mol. The highest BCUT2D eigenvalue weighted by Gasteiger charge is 2.61. The van der Waals surface area contributed by atoms with E-state index in [4.69, 9.17) is 0 Å². The Bertz CT molecular complexity index is 828.